The Morgan fingerprint density at radius 3 is 1.85 bits per heavy atom. The van der Waals surface area contributed by atoms with Gasteiger partial charge in [-0.1, -0.05) is 60.3 Å². The molecule has 0 atom stereocenters. The van der Waals surface area contributed by atoms with Gasteiger partial charge >= 0.3 is 8.24 Å². The maximum atomic E-state index is 10.7. The Morgan fingerprint density at radius 1 is 0.706 bits per heavy atom. The van der Waals surface area contributed by atoms with Crippen molar-refractivity contribution in [1.82, 2.24) is 0 Å². The molecule has 34 heavy (non-hydrogen) atoms. The van der Waals surface area contributed by atoms with Crippen LogP contribution in [0.15, 0.2) is 91.0 Å². The van der Waals surface area contributed by atoms with E-state index in [1.807, 2.05) is 81.4 Å². The summed E-state index contributed by atoms with van der Waals surface area (Å²) in [5, 5.41) is 12.6. The van der Waals surface area contributed by atoms with Crippen LogP contribution in [0.4, 0.5) is 0 Å². The fourth-order valence-corrected chi connectivity index (χ4v) is 6.54. The Hall–Kier alpha value is -3.27. The summed E-state index contributed by atoms with van der Waals surface area (Å²) < 4.78 is 19.0. The largest absolute Gasteiger partial charge is 0.506 e. The van der Waals surface area contributed by atoms with Gasteiger partial charge in [0.25, 0.3) is 0 Å². The predicted molar refractivity (Wildman–Crippen MR) is 140 cm³/mol. The topological polar surface area (TPSA) is 55.7 Å². The number of fused-ring (bicyclic) bond motifs is 3. The Bertz CT molecular complexity index is 1510. The van der Waals surface area contributed by atoms with Gasteiger partial charge in [-0.2, -0.15) is 0 Å². The third kappa shape index (κ3) is 4.42. The molecular weight excluding hydrogens is 463 g/mol. The lowest BCUT2D eigenvalue weighted by Gasteiger charge is -2.14. The van der Waals surface area contributed by atoms with Crippen molar-refractivity contribution in [3.8, 4) is 11.5 Å². The third-order valence-electron chi connectivity index (χ3n) is 5.59. The van der Waals surface area contributed by atoms with Crippen molar-refractivity contribution in [2.24, 2.45) is 0 Å². The highest BCUT2D eigenvalue weighted by Crippen LogP contribution is 2.46. The zero-order valence-corrected chi connectivity index (χ0v) is 21.2. The van der Waals surface area contributed by atoms with Crippen LogP contribution in [0, 0.1) is 27.7 Å². The van der Waals surface area contributed by atoms with E-state index in [0.717, 1.165) is 54.0 Å². The summed E-state index contributed by atoms with van der Waals surface area (Å²) in [6, 6.07) is 23.9. The molecule has 0 saturated heterocycles. The summed E-state index contributed by atoms with van der Waals surface area (Å²) in [5.74, 6) is 0.980. The van der Waals surface area contributed by atoms with Gasteiger partial charge in [-0.15, -0.1) is 0 Å². The minimum absolute atomic E-state index is 0.288. The first kappa shape index (κ1) is 22.5. The summed E-state index contributed by atoms with van der Waals surface area (Å²) in [4.78, 5) is 1.69. The van der Waals surface area contributed by atoms with Crippen LogP contribution in [0.5, 0.6) is 11.5 Å². The minimum atomic E-state index is -1.76. The van der Waals surface area contributed by atoms with Crippen molar-refractivity contribution >= 4 is 41.9 Å². The Kier molecular flexibility index (Phi) is 6.07. The average Bonchev–Trinajstić information content (AvgIpc) is 2.95. The number of benzene rings is 4. The van der Waals surface area contributed by atoms with Crippen LogP contribution in [0.25, 0.3) is 21.9 Å². The molecule has 1 N–H and O–H groups in total. The second-order valence-electron chi connectivity index (χ2n) is 8.43. The maximum Gasteiger partial charge on any atom is 0.453 e. The molecule has 0 saturated carbocycles. The molecule has 0 aliphatic heterocycles. The van der Waals surface area contributed by atoms with Crippen LogP contribution >= 0.6 is 20.0 Å². The molecule has 1 heterocycles. The molecule has 0 aliphatic carbocycles. The molecule has 0 radical (unpaired) electrons. The molecule has 0 bridgehead atoms. The van der Waals surface area contributed by atoms with E-state index >= 15 is 0 Å². The van der Waals surface area contributed by atoms with Crippen molar-refractivity contribution in [3.05, 3.63) is 95.1 Å². The van der Waals surface area contributed by atoms with Gasteiger partial charge in [-0.3, -0.25) is 0 Å². The van der Waals surface area contributed by atoms with E-state index in [2.05, 4.69) is 19.1 Å². The molecule has 0 unspecified atom stereocenters. The SMILES string of the molecule is Cc1cc(C)c(O)c(Sc2cc(C)cc(C)c2Op2oc3ccccc3c3ccccc3o2)c1. The molecule has 4 nitrogen and oxygen atoms in total. The molecule has 5 rings (SSSR count). The van der Waals surface area contributed by atoms with Gasteiger partial charge in [0.15, 0.2) is 5.75 Å². The zero-order chi connectivity index (χ0) is 23.8. The average molecular weight is 489 g/mol. The van der Waals surface area contributed by atoms with E-state index in [4.69, 9.17) is 12.9 Å². The van der Waals surface area contributed by atoms with Crippen molar-refractivity contribution in [2.45, 2.75) is 37.5 Å². The number of aryl methyl sites for hydroxylation is 4. The van der Waals surface area contributed by atoms with Crippen LogP contribution in [-0.4, -0.2) is 5.11 Å². The van der Waals surface area contributed by atoms with Gasteiger partial charge in [0, 0.05) is 10.8 Å². The van der Waals surface area contributed by atoms with E-state index in [1.165, 1.54) is 11.8 Å². The molecular formula is C28H25O4PS. The summed E-state index contributed by atoms with van der Waals surface area (Å²) in [6.45, 7) is 8.01. The minimum Gasteiger partial charge on any atom is -0.506 e. The number of hydrogen-bond acceptors (Lipinski definition) is 5. The normalized spacial score (nSPS) is 11.2. The maximum absolute atomic E-state index is 10.7. The quantitative estimate of drug-likeness (QED) is 0.273. The summed E-state index contributed by atoms with van der Waals surface area (Å²) in [7, 11) is -1.76. The monoisotopic (exact) mass is 488 g/mol. The van der Waals surface area contributed by atoms with E-state index in [1.54, 1.807) is 0 Å². The number of hydrogen-bond donors (Lipinski definition) is 1. The molecule has 172 valence electrons. The van der Waals surface area contributed by atoms with Crippen molar-refractivity contribution in [1.29, 1.82) is 0 Å². The smallest absolute Gasteiger partial charge is 0.453 e. The van der Waals surface area contributed by atoms with Crippen LogP contribution in [0.3, 0.4) is 0 Å². The number of para-hydroxylation sites is 2. The molecule has 0 spiro atoms. The summed E-state index contributed by atoms with van der Waals surface area (Å²) >= 11 is 1.49. The summed E-state index contributed by atoms with van der Waals surface area (Å²) in [5.41, 5.74) is 5.49. The predicted octanol–water partition coefficient (Wildman–Crippen LogP) is 9.22. The van der Waals surface area contributed by atoms with E-state index in [-0.39, 0.29) is 5.75 Å². The lowest BCUT2D eigenvalue weighted by atomic mass is 10.1. The number of phenolic OH excluding ortho intramolecular Hbond substituents is 1. The fraction of sp³-hybridized carbons (Fsp3) is 0.143. The Balaban J connectivity index is 1.66. The molecule has 0 amide bonds. The van der Waals surface area contributed by atoms with Crippen LogP contribution < -0.4 is 4.52 Å². The molecule has 5 aromatic rings. The molecule has 6 heteroatoms. The van der Waals surface area contributed by atoms with Crippen LogP contribution in [0.1, 0.15) is 22.3 Å². The van der Waals surface area contributed by atoms with Crippen molar-refractivity contribution in [2.75, 3.05) is 0 Å². The highest BCUT2D eigenvalue weighted by molar-refractivity contribution is 7.99. The molecule has 1 aromatic heterocycles. The van der Waals surface area contributed by atoms with Gasteiger partial charge in [-0.05, 0) is 74.2 Å². The van der Waals surface area contributed by atoms with Crippen LogP contribution in [-0.2, 0) is 0 Å². The number of rotatable bonds is 4. The van der Waals surface area contributed by atoms with Crippen LogP contribution in [0.2, 0.25) is 0 Å². The molecule has 0 aliphatic rings. The van der Waals surface area contributed by atoms with E-state index in [9.17, 15) is 5.11 Å². The fourth-order valence-electron chi connectivity index (χ4n) is 4.05. The highest BCUT2D eigenvalue weighted by atomic mass is 32.2. The molecule has 0 fully saturated rings. The van der Waals surface area contributed by atoms with Gasteiger partial charge in [-0.25, -0.2) is 0 Å². The second-order valence-corrected chi connectivity index (χ2v) is 10.5. The number of aromatic hydroxyl groups is 1. The lowest BCUT2D eigenvalue weighted by molar-refractivity contribution is 0.458. The number of phenols is 1. The highest BCUT2D eigenvalue weighted by Gasteiger charge is 2.17. The van der Waals surface area contributed by atoms with Gasteiger partial charge < -0.3 is 18.0 Å². The van der Waals surface area contributed by atoms with Gasteiger partial charge in [0.05, 0.1) is 9.79 Å². The zero-order valence-electron chi connectivity index (χ0n) is 19.5. The molecule has 4 aromatic carbocycles. The van der Waals surface area contributed by atoms with Crippen molar-refractivity contribution in [3.63, 3.8) is 0 Å². The van der Waals surface area contributed by atoms with Gasteiger partial charge in [0.2, 0.25) is 0 Å². The summed E-state index contributed by atoms with van der Waals surface area (Å²) in [6.07, 6.45) is 0. The van der Waals surface area contributed by atoms with E-state index < -0.39 is 8.24 Å². The second kappa shape index (κ2) is 9.17. The van der Waals surface area contributed by atoms with Crippen molar-refractivity contribution < 1.29 is 18.0 Å². The van der Waals surface area contributed by atoms with Gasteiger partial charge in [0.1, 0.15) is 16.9 Å². The first-order valence-electron chi connectivity index (χ1n) is 11.0. The Morgan fingerprint density at radius 2 is 1.24 bits per heavy atom. The standard InChI is InChI=1S/C28H25O4PS/c1-17-13-19(3)27(29)25(15-17)34-26-16-18(2)14-20(4)28(26)32-33-30-23-11-7-5-9-21(23)22-10-6-8-12-24(22)31-33/h5-16,29H,1-4H3. The first-order chi connectivity index (χ1) is 16.4. The Labute approximate surface area is 203 Å². The lowest BCUT2D eigenvalue weighted by Crippen LogP contribution is -1.91. The first-order valence-corrected chi connectivity index (χ1v) is 12.9. The van der Waals surface area contributed by atoms with E-state index in [0.29, 0.717) is 5.75 Å². The third-order valence-corrected chi connectivity index (χ3v) is 7.67.